The highest BCUT2D eigenvalue weighted by Crippen LogP contribution is 2.30. The Kier molecular flexibility index (Phi) is 4.76. The van der Waals surface area contributed by atoms with E-state index < -0.39 is 10.0 Å². The molecule has 0 radical (unpaired) electrons. The van der Waals surface area contributed by atoms with E-state index in [1.807, 2.05) is 0 Å². The van der Waals surface area contributed by atoms with Gasteiger partial charge in [0.1, 0.15) is 0 Å². The summed E-state index contributed by atoms with van der Waals surface area (Å²) in [5.41, 5.74) is 1.28. The number of sulfonamides is 1. The number of aromatic amines is 1. The zero-order chi connectivity index (χ0) is 14.9. The molecular formula is C13H22ClN3O2S. The average molecular weight is 320 g/mol. The van der Waals surface area contributed by atoms with Gasteiger partial charge in [-0.3, -0.25) is 5.10 Å². The maximum Gasteiger partial charge on any atom is 0.262 e. The zero-order valence-corrected chi connectivity index (χ0v) is 13.8. The van der Waals surface area contributed by atoms with Crippen molar-refractivity contribution in [2.24, 2.45) is 5.92 Å². The van der Waals surface area contributed by atoms with Crippen LogP contribution in [0.5, 0.6) is 0 Å². The molecule has 1 heterocycles. The maximum absolute atomic E-state index is 12.7. The number of nitrogens with one attached hydrogen (secondary N) is 1. The molecule has 0 saturated heterocycles. The van der Waals surface area contributed by atoms with Crippen molar-refractivity contribution < 1.29 is 8.42 Å². The second-order valence-corrected chi connectivity index (χ2v) is 7.89. The minimum atomic E-state index is -3.58. The third-order valence-electron chi connectivity index (χ3n) is 4.22. The third kappa shape index (κ3) is 2.87. The molecule has 7 heteroatoms. The SMILES string of the molecule is Cc1[nH]nc(S(=O)(=O)N(C)C2CCCC(C)C2)c1CCl. The normalized spacial score (nSPS) is 24.2. The minimum absolute atomic E-state index is 0.0592. The van der Waals surface area contributed by atoms with Crippen LogP contribution in [0.1, 0.15) is 43.9 Å². The van der Waals surface area contributed by atoms with E-state index in [0.29, 0.717) is 17.2 Å². The van der Waals surface area contributed by atoms with Gasteiger partial charge in [-0.1, -0.05) is 19.8 Å². The highest BCUT2D eigenvalue weighted by atomic mass is 35.5. The molecule has 1 fully saturated rings. The second kappa shape index (κ2) is 6.03. The first-order valence-electron chi connectivity index (χ1n) is 6.95. The highest BCUT2D eigenvalue weighted by molar-refractivity contribution is 7.89. The van der Waals surface area contributed by atoms with Gasteiger partial charge in [-0.05, 0) is 25.7 Å². The summed E-state index contributed by atoms with van der Waals surface area (Å²) in [5, 5.41) is 6.75. The summed E-state index contributed by atoms with van der Waals surface area (Å²) < 4.78 is 26.9. The van der Waals surface area contributed by atoms with Gasteiger partial charge in [-0.15, -0.1) is 11.6 Å². The molecule has 2 unspecified atom stereocenters. The molecular weight excluding hydrogens is 298 g/mol. The molecule has 1 aromatic rings. The van der Waals surface area contributed by atoms with Crippen LogP contribution < -0.4 is 0 Å². The lowest BCUT2D eigenvalue weighted by Crippen LogP contribution is -2.40. The van der Waals surface area contributed by atoms with Gasteiger partial charge in [-0.25, -0.2) is 8.42 Å². The molecule has 1 aliphatic rings. The fourth-order valence-electron chi connectivity index (χ4n) is 2.87. The predicted octanol–water partition coefficient (Wildman–Crippen LogP) is 2.66. The van der Waals surface area contributed by atoms with Crippen LogP contribution in [0.4, 0.5) is 0 Å². The molecule has 0 aliphatic heterocycles. The number of H-pyrrole nitrogens is 1. The molecule has 1 N–H and O–H groups in total. The van der Waals surface area contributed by atoms with E-state index in [0.717, 1.165) is 19.3 Å². The molecule has 0 bridgehead atoms. The molecule has 5 nitrogen and oxygen atoms in total. The van der Waals surface area contributed by atoms with Gasteiger partial charge < -0.3 is 0 Å². The molecule has 2 rings (SSSR count). The van der Waals surface area contributed by atoms with Gasteiger partial charge in [0.05, 0.1) is 5.88 Å². The number of halogens is 1. The monoisotopic (exact) mass is 319 g/mol. The van der Waals surface area contributed by atoms with Crippen molar-refractivity contribution in [1.82, 2.24) is 14.5 Å². The Morgan fingerprint density at radius 3 is 2.75 bits per heavy atom. The highest BCUT2D eigenvalue weighted by Gasteiger charge is 2.34. The number of aryl methyl sites for hydroxylation is 1. The third-order valence-corrected chi connectivity index (χ3v) is 6.37. The van der Waals surface area contributed by atoms with E-state index in [2.05, 4.69) is 17.1 Å². The van der Waals surface area contributed by atoms with E-state index in [-0.39, 0.29) is 16.9 Å². The number of nitrogens with zero attached hydrogens (tertiary/aromatic N) is 2. The quantitative estimate of drug-likeness (QED) is 0.868. The summed E-state index contributed by atoms with van der Waals surface area (Å²) in [6.07, 6.45) is 4.08. The predicted molar refractivity (Wildman–Crippen MR) is 79.3 cm³/mol. The first-order valence-corrected chi connectivity index (χ1v) is 8.93. The maximum atomic E-state index is 12.7. The summed E-state index contributed by atoms with van der Waals surface area (Å²) in [6.45, 7) is 3.96. The summed E-state index contributed by atoms with van der Waals surface area (Å²) in [7, 11) is -1.92. The first kappa shape index (κ1) is 15.8. The fraction of sp³-hybridized carbons (Fsp3) is 0.769. The Hall–Kier alpha value is -0.590. The van der Waals surface area contributed by atoms with Gasteiger partial charge in [0.2, 0.25) is 0 Å². The summed E-state index contributed by atoms with van der Waals surface area (Å²) in [4.78, 5) is 0. The Morgan fingerprint density at radius 2 is 2.15 bits per heavy atom. The second-order valence-electron chi connectivity index (χ2n) is 5.71. The first-order chi connectivity index (χ1) is 9.37. The van der Waals surface area contributed by atoms with Crippen LogP contribution in [0.25, 0.3) is 0 Å². The smallest absolute Gasteiger partial charge is 0.262 e. The van der Waals surface area contributed by atoms with Crippen molar-refractivity contribution in [1.29, 1.82) is 0 Å². The van der Waals surface area contributed by atoms with E-state index >= 15 is 0 Å². The number of alkyl halides is 1. The molecule has 20 heavy (non-hydrogen) atoms. The minimum Gasteiger partial charge on any atom is -0.281 e. The van der Waals surface area contributed by atoms with Crippen LogP contribution in [-0.4, -0.2) is 36.0 Å². The lowest BCUT2D eigenvalue weighted by Gasteiger charge is -2.33. The number of rotatable bonds is 4. The molecule has 114 valence electrons. The Bertz CT molecular complexity index is 570. The van der Waals surface area contributed by atoms with Crippen LogP contribution in [-0.2, 0) is 15.9 Å². The lowest BCUT2D eigenvalue weighted by atomic mass is 9.87. The Labute approximate surface area is 125 Å². The van der Waals surface area contributed by atoms with Crippen molar-refractivity contribution in [3.63, 3.8) is 0 Å². The van der Waals surface area contributed by atoms with Gasteiger partial charge in [0.15, 0.2) is 5.03 Å². The van der Waals surface area contributed by atoms with Crippen molar-refractivity contribution in [3.8, 4) is 0 Å². The van der Waals surface area contributed by atoms with Crippen molar-refractivity contribution in [2.45, 2.75) is 56.5 Å². The van der Waals surface area contributed by atoms with Gasteiger partial charge >= 0.3 is 0 Å². The van der Waals surface area contributed by atoms with E-state index in [1.54, 1.807) is 14.0 Å². The van der Waals surface area contributed by atoms with Gasteiger partial charge in [0, 0.05) is 24.3 Å². The number of aromatic nitrogens is 2. The lowest BCUT2D eigenvalue weighted by molar-refractivity contribution is 0.238. The summed E-state index contributed by atoms with van der Waals surface area (Å²) >= 11 is 5.86. The van der Waals surface area contributed by atoms with Crippen LogP contribution in [0, 0.1) is 12.8 Å². The van der Waals surface area contributed by atoms with Crippen LogP contribution in [0.3, 0.4) is 0 Å². The molecule has 1 aliphatic carbocycles. The van der Waals surface area contributed by atoms with Crippen molar-refractivity contribution in [2.75, 3.05) is 7.05 Å². The van der Waals surface area contributed by atoms with Crippen molar-refractivity contribution in [3.05, 3.63) is 11.3 Å². The van der Waals surface area contributed by atoms with E-state index in [4.69, 9.17) is 11.6 Å². The average Bonchev–Trinajstić information content (AvgIpc) is 2.79. The zero-order valence-electron chi connectivity index (χ0n) is 12.2. The van der Waals surface area contributed by atoms with Crippen LogP contribution in [0.15, 0.2) is 5.03 Å². The summed E-state index contributed by atoms with van der Waals surface area (Å²) in [6, 6.07) is 0.0592. The Balaban J connectivity index is 2.29. The summed E-state index contributed by atoms with van der Waals surface area (Å²) in [5.74, 6) is 0.714. The largest absolute Gasteiger partial charge is 0.281 e. The Morgan fingerprint density at radius 1 is 1.45 bits per heavy atom. The molecule has 0 aromatic carbocycles. The topological polar surface area (TPSA) is 66.1 Å². The molecule has 0 amide bonds. The van der Waals surface area contributed by atoms with Gasteiger partial charge in [-0.2, -0.15) is 9.40 Å². The van der Waals surface area contributed by atoms with Crippen LogP contribution in [0.2, 0.25) is 0 Å². The molecule has 1 saturated carbocycles. The molecule has 1 aromatic heterocycles. The molecule has 2 atom stereocenters. The van der Waals surface area contributed by atoms with E-state index in [9.17, 15) is 8.42 Å². The standard InChI is InChI=1S/C13H22ClN3O2S/c1-9-5-4-6-11(7-9)17(3)20(18,19)13-12(8-14)10(2)15-16-13/h9,11H,4-8H2,1-3H3,(H,15,16). The van der Waals surface area contributed by atoms with Crippen molar-refractivity contribution >= 4 is 21.6 Å². The number of hydrogen-bond donors (Lipinski definition) is 1. The number of hydrogen-bond acceptors (Lipinski definition) is 3. The van der Waals surface area contributed by atoms with Crippen LogP contribution >= 0.6 is 11.6 Å². The van der Waals surface area contributed by atoms with Gasteiger partial charge in [0.25, 0.3) is 10.0 Å². The fourth-order valence-corrected chi connectivity index (χ4v) is 4.83. The molecule has 0 spiro atoms. The van der Waals surface area contributed by atoms with E-state index in [1.165, 1.54) is 10.7 Å².